The van der Waals surface area contributed by atoms with Gasteiger partial charge in [-0.1, -0.05) is 18.2 Å². The molecular weight excluding hydrogens is 516 g/mol. The molecule has 2 atom stereocenters. The van der Waals surface area contributed by atoms with E-state index in [1.165, 1.54) is 17.0 Å². The van der Waals surface area contributed by atoms with E-state index < -0.39 is 6.36 Å². The number of nitrogens with one attached hydrogen (secondary N) is 2. The molecule has 3 rings (SSSR count). The molecule has 1 heterocycles. The van der Waals surface area contributed by atoms with Gasteiger partial charge < -0.3 is 15.4 Å². The zero-order chi connectivity index (χ0) is 20.3. The second-order valence-electron chi connectivity index (χ2n) is 6.68. The summed E-state index contributed by atoms with van der Waals surface area (Å²) >= 11 is 1.69. The Morgan fingerprint density at radius 2 is 2.03 bits per heavy atom. The highest BCUT2D eigenvalue weighted by Crippen LogP contribution is 2.45. The minimum atomic E-state index is -4.70. The summed E-state index contributed by atoms with van der Waals surface area (Å²) in [6, 6.07) is 6.31. The summed E-state index contributed by atoms with van der Waals surface area (Å²) in [6.45, 7) is 4.73. The third-order valence-corrected chi connectivity index (χ3v) is 5.72. The van der Waals surface area contributed by atoms with Crippen LogP contribution in [-0.4, -0.2) is 36.9 Å². The number of nitrogens with zero attached hydrogens (tertiary/aromatic N) is 2. The van der Waals surface area contributed by atoms with Crippen LogP contribution in [0.5, 0.6) is 5.75 Å². The Morgan fingerprint density at radius 3 is 2.66 bits per heavy atom. The molecular formula is C19H24F3IN4OS. The molecule has 1 aromatic heterocycles. The van der Waals surface area contributed by atoms with Gasteiger partial charge in [0.25, 0.3) is 0 Å². The third-order valence-electron chi connectivity index (χ3n) is 4.58. The number of benzene rings is 1. The van der Waals surface area contributed by atoms with E-state index in [-0.39, 0.29) is 41.7 Å². The first-order valence-electron chi connectivity index (χ1n) is 9.01. The Kier molecular flexibility index (Phi) is 8.15. The van der Waals surface area contributed by atoms with Crippen LogP contribution in [0.4, 0.5) is 13.2 Å². The number of thiazole rings is 1. The average molecular weight is 540 g/mol. The maximum Gasteiger partial charge on any atom is 0.573 e. The maximum absolute atomic E-state index is 12.6. The molecule has 1 saturated carbocycles. The molecule has 5 nitrogen and oxygen atoms in total. The van der Waals surface area contributed by atoms with Gasteiger partial charge in [0.15, 0.2) is 5.96 Å². The first-order valence-corrected chi connectivity index (χ1v) is 9.83. The van der Waals surface area contributed by atoms with Crippen LogP contribution in [-0.2, 0) is 6.42 Å². The molecule has 0 aliphatic heterocycles. The highest BCUT2D eigenvalue weighted by molar-refractivity contribution is 14.0. The topological polar surface area (TPSA) is 58.5 Å². The summed E-state index contributed by atoms with van der Waals surface area (Å²) < 4.78 is 42.0. The second-order valence-corrected chi connectivity index (χ2v) is 7.96. The predicted octanol–water partition coefficient (Wildman–Crippen LogP) is 4.54. The Morgan fingerprint density at radius 1 is 1.31 bits per heavy atom. The summed E-state index contributed by atoms with van der Waals surface area (Å²) in [6.07, 6.45) is -3.18. The Balaban J connectivity index is 0.00000300. The summed E-state index contributed by atoms with van der Waals surface area (Å²) in [5.74, 6) is 0.454. The fourth-order valence-corrected chi connectivity index (χ4v) is 3.94. The van der Waals surface area contributed by atoms with Gasteiger partial charge in [-0.2, -0.15) is 0 Å². The van der Waals surface area contributed by atoms with Gasteiger partial charge in [0.1, 0.15) is 5.75 Å². The van der Waals surface area contributed by atoms with Crippen molar-refractivity contribution in [2.45, 2.75) is 45.0 Å². The van der Waals surface area contributed by atoms with Crippen LogP contribution in [0.3, 0.4) is 0 Å². The number of aromatic nitrogens is 1. The Labute approximate surface area is 189 Å². The molecule has 0 radical (unpaired) electrons. The number of aliphatic imine (C=N–C) groups is 1. The van der Waals surface area contributed by atoms with E-state index in [9.17, 15) is 13.2 Å². The van der Waals surface area contributed by atoms with Gasteiger partial charge in [0, 0.05) is 36.9 Å². The van der Waals surface area contributed by atoms with Crippen LogP contribution in [0.1, 0.15) is 33.5 Å². The lowest BCUT2D eigenvalue weighted by molar-refractivity contribution is -0.274. The van der Waals surface area contributed by atoms with Gasteiger partial charge in [-0.3, -0.25) is 4.99 Å². The van der Waals surface area contributed by atoms with Crippen molar-refractivity contribution in [3.63, 3.8) is 0 Å². The van der Waals surface area contributed by atoms with Gasteiger partial charge in [-0.15, -0.1) is 48.5 Å². The van der Waals surface area contributed by atoms with E-state index >= 15 is 0 Å². The van der Waals surface area contributed by atoms with Crippen LogP contribution >= 0.6 is 35.3 Å². The van der Waals surface area contributed by atoms with E-state index in [1.54, 1.807) is 30.5 Å². The molecule has 160 valence electrons. The monoisotopic (exact) mass is 540 g/mol. The molecule has 0 bridgehead atoms. The number of guanidine groups is 1. The Hall–Kier alpha value is -1.56. The van der Waals surface area contributed by atoms with E-state index in [2.05, 4.69) is 32.3 Å². The largest absolute Gasteiger partial charge is 0.573 e. The van der Waals surface area contributed by atoms with Crippen LogP contribution in [0.2, 0.25) is 0 Å². The first kappa shape index (κ1) is 23.7. The van der Waals surface area contributed by atoms with Crippen molar-refractivity contribution >= 4 is 41.3 Å². The van der Waals surface area contributed by atoms with Crippen LogP contribution < -0.4 is 15.4 Å². The van der Waals surface area contributed by atoms with Crippen molar-refractivity contribution in [2.24, 2.45) is 4.99 Å². The smallest absolute Gasteiger partial charge is 0.405 e. The van der Waals surface area contributed by atoms with Crippen LogP contribution in [0.15, 0.2) is 29.3 Å². The number of ether oxygens (including phenoxy) is 1. The second kappa shape index (κ2) is 9.96. The lowest BCUT2D eigenvalue weighted by Gasteiger charge is -2.14. The van der Waals surface area contributed by atoms with Crippen LogP contribution in [0, 0.1) is 13.8 Å². The molecule has 29 heavy (non-hydrogen) atoms. The highest BCUT2D eigenvalue weighted by Gasteiger charge is 2.42. The van der Waals surface area contributed by atoms with Crippen molar-refractivity contribution in [1.29, 1.82) is 0 Å². The van der Waals surface area contributed by atoms with Crippen molar-refractivity contribution in [2.75, 3.05) is 13.6 Å². The van der Waals surface area contributed by atoms with E-state index in [0.717, 1.165) is 23.5 Å². The van der Waals surface area contributed by atoms with Crippen molar-refractivity contribution in [1.82, 2.24) is 15.6 Å². The molecule has 0 amide bonds. The number of para-hydroxylation sites is 1. The summed E-state index contributed by atoms with van der Waals surface area (Å²) in [7, 11) is 1.67. The quantitative estimate of drug-likeness (QED) is 0.321. The van der Waals surface area contributed by atoms with E-state index in [4.69, 9.17) is 0 Å². The summed E-state index contributed by atoms with van der Waals surface area (Å²) in [5.41, 5.74) is 1.62. The molecule has 2 aromatic rings. The van der Waals surface area contributed by atoms with Crippen molar-refractivity contribution < 1.29 is 17.9 Å². The maximum atomic E-state index is 12.6. The van der Waals surface area contributed by atoms with Gasteiger partial charge in [0.05, 0.1) is 10.7 Å². The van der Waals surface area contributed by atoms with Gasteiger partial charge in [0.2, 0.25) is 0 Å². The number of aryl methyl sites for hydroxylation is 2. The lowest BCUT2D eigenvalue weighted by Crippen LogP contribution is -2.39. The standard InChI is InChI=1S/C19H23F3N4OS.HI/c1-11-12(2)28-17(25-11)8-9-24-18(23-3)26-15-10-14(15)13-6-4-5-7-16(13)27-19(20,21)22;/h4-7,14-15H,8-10H2,1-3H3,(H2,23,24,26);1H. The minimum absolute atomic E-state index is 0. The highest BCUT2D eigenvalue weighted by atomic mass is 127. The van der Waals surface area contributed by atoms with Crippen LogP contribution in [0.25, 0.3) is 0 Å². The predicted molar refractivity (Wildman–Crippen MR) is 119 cm³/mol. The van der Waals surface area contributed by atoms with Gasteiger partial charge in [-0.25, -0.2) is 4.98 Å². The van der Waals surface area contributed by atoms with E-state index in [1.807, 2.05) is 6.92 Å². The molecule has 2 N–H and O–H groups in total. The number of hydrogen-bond acceptors (Lipinski definition) is 4. The molecule has 1 aliphatic rings. The number of hydrogen-bond donors (Lipinski definition) is 2. The average Bonchev–Trinajstić information content (AvgIpc) is 3.30. The Bertz CT molecular complexity index is 837. The third kappa shape index (κ3) is 6.73. The fourth-order valence-electron chi connectivity index (χ4n) is 3.01. The van der Waals surface area contributed by atoms with Crippen molar-refractivity contribution in [3.05, 3.63) is 45.4 Å². The van der Waals surface area contributed by atoms with Crippen molar-refractivity contribution in [3.8, 4) is 5.75 Å². The molecule has 0 spiro atoms. The molecule has 2 unspecified atom stereocenters. The molecule has 0 saturated heterocycles. The molecule has 10 heteroatoms. The number of halogens is 4. The zero-order valence-corrected chi connectivity index (χ0v) is 19.5. The normalized spacial score (nSPS) is 18.8. The lowest BCUT2D eigenvalue weighted by atomic mass is 10.1. The molecule has 1 aromatic carbocycles. The fraction of sp³-hybridized carbons (Fsp3) is 0.474. The summed E-state index contributed by atoms with van der Waals surface area (Å²) in [5, 5.41) is 7.57. The zero-order valence-electron chi connectivity index (χ0n) is 16.3. The SMILES string of the molecule is CN=C(NCCc1nc(C)c(C)s1)NC1CC1c1ccccc1OC(F)(F)F.I. The number of alkyl halides is 3. The molecule has 1 aliphatic carbocycles. The minimum Gasteiger partial charge on any atom is -0.405 e. The van der Waals surface area contributed by atoms with Gasteiger partial charge in [-0.05, 0) is 31.9 Å². The first-order chi connectivity index (χ1) is 13.3. The summed E-state index contributed by atoms with van der Waals surface area (Å²) in [4.78, 5) is 9.93. The van der Waals surface area contributed by atoms with E-state index in [0.29, 0.717) is 18.1 Å². The van der Waals surface area contributed by atoms with Gasteiger partial charge >= 0.3 is 6.36 Å². The molecule has 1 fully saturated rings. The number of rotatable bonds is 6.